The normalized spacial score (nSPS) is 18.7. The lowest BCUT2D eigenvalue weighted by Crippen LogP contribution is -2.43. The molecule has 1 spiro atoms. The molecule has 0 atom stereocenters. The van der Waals surface area contributed by atoms with Crippen molar-refractivity contribution in [1.82, 2.24) is 9.88 Å². The Kier molecular flexibility index (Phi) is 3.59. The lowest BCUT2D eigenvalue weighted by atomic mass is 9.95. The van der Waals surface area contributed by atoms with Gasteiger partial charge in [-0.25, -0.2) is 9.78 Å². The van der Waals surface area contributed by atoms with E-state index >= 15 is 0 Å². The van der Waals surface area contributed by atoms with Crippen molar-refractivity contribution < 1.29 is 9.21 Å². The number of nitrogens with zero attached hydrogens (tertiary/aromatic N) is 2. The highest BCUT2D eigenvalue weighted by molar-refractivity contribution is 5.90. The zero-order chi connectivity index (χ0) is 16.7. The summed E-state index contributed by atoms with van der Waals surface area (Å²) in [5.41, 5.74) is 4.06. The van der Waals surface area contributed by atoms with E-state index in [1.54, 1.807) is 6.26 Å². The second-order valence-corrected chi connectivity index (χ2v) is 7.28. The second kappa shape index (κ2) is 5.65. The monoisotopic (exact) mass is 325 g/mol. The Morgan fingerprint density at radius 2 is 2.12 bits per heavy atom. The minimum absolute atomic E-state index is 0.000590. The van der Waals surface area contributed by atoms with Crippen molar-refractivity contribution in [2.24, 2.45) is 5.41 Å². The average molecular weight is 325 g/mol. The zero-order valence-electron chi connectivity index (χ0n) is 14.3. The highest BCUT2D eigenvalue weighted by Gasteiger charge is 2.46. The summed E-state index contributed by atoms with van der Waals surface area (Å²) in [4.78, 5) is 18.9. The maximum Gasteiger partial charge on any atom is 0.321 e. The van der Waals surface area contributed by atoms with Gasteiger partial charge in [0.1, 0.15) is 6.26 Å². The highest BCUT2D eigenvalue weighted by Crippen LogP contribution is 2.52. The van der Waals surface area contributed by atoms with Gasteiger partial charge in [0.2, 0.25) is 5.89 Å². The molecule has 2 heterocycles. The summed E-state index contributed by atoms with van der Waals surface area (Å²) >= 11 is 0. The first kappa shape index (κ1) is 15.2. The van der Waals surface area contributed by atoms with E-state index in [1.807, 2.05) is 36.9 Å². The molecule has 126 valence electrons. The molecule has 1 saturated heterocycles. The van der Waals surface area contributed by atoms with Crippen molar-refractivity contribution in [3.8, 4) is 11.5 Å². The van der Waals surface area contributed by atoms with E-state index in [1.165, 1.54) is 19.3 Å². The van der Waals surface area contributed by atoms with E-state index in [9.17, 15) is 4.79 Å². The van der Waals surface area contributed by atoms with E-state index in [4.69, 9.17) is 4.42 Å². The fraction of sp³-hybridized carbons (Fsp3) is 0.474. The third kappa shape index (κ3) is 2.90. The van der Waals surface area contributed by atoms with E-state index < -0.39 is 0 Å². The molecular weight excluding hydrogens is 302 g/mol. The number of urea groups is 1. The Balaban J connectivity index is 1.51. The van der Waals surface area contributed by atoms with Crippen LogP contribution < -0.4 is 5.32 Å². The predicted molar refractivity (Wildman–Crippen MR) is 92.9 cm³/mol. The second-order valence-electron chi connectivity index (χ2n) is 7.28. The molecule has 0 bridgehead atoms. The van der Waals surface area contributed by atoms with Gasteiger partial charge in [0.05, 0.1) is 5.69 Å². The summed E-state index contributed by atoms with van der Waals surface area (Å²) in [6.07, 6.45) is 6.57. The highest BCUT2D eigenvalue weighted by atomic mass is 16.3. The summed E-state index contributed by atoms with van der Waals surface area (Å²) in [7, 11) is 0. The third-order valence-electron chi connectivity index (χ3n) is 5.24. The van der Waals surface area contributed by atoms with Gasteiger partial charge in [-0.1, -0.05) is 6.07 Å². The first-order chi connectivity index (χ1) is 11.5. The molecule has 1 N–H and O–H groups in total. The number of nitrogens with one attached hydrogen (secondary N) is 1. The summed E-state index contributed by atoms with van der Waals surface area (Å²) < 4.78 is 5.51. The number of rotatable bonds is 2. The van der Waals surface area contributed by atoms with Gasteiger partial charge in [-0.3, -0.25) is 0 Å². The molecule has 1 aromatic heterocycles. The van der Waals surface area contributed by atoms with E-state index in [2.05, 4.69) is 10.3 Å². The molecule has 1 aliphatic carbocycles. The first-order valence-corrected chi connectivity index (χ1v) is 8.64. The Morgan fingerprint density at radius 3 is 2.83 bits per heavy atom. The minimum Gasteiger partial charge on any atom is -0.444 e. The van der Waals surface area contributed by atoms with Crippen LogP contribution in [0.4, 0.5) is 10.5 Å². The Labute approximate surface area is 142 Å². The van der Waals surface area contributed by atoms with Crippen LogP contribution in [-0.2, 0) is 0 Å². The number of carbonyl (C=O) groups is 1. The fourth-order valence-electron chi connectivity index (χ4n) is 3.58. The van der Waals surface area contributed by atoms with Gasteiger partial charge in [0, 0.05) is 24.3 Å². The first-order valence-electron chi connectivity index (χ1n) is 8.64. The molecular formula is C19H23N3O2. The molecule has 1 aliphatic heterocycles. The number of oxazole rings is 1. The van der Waals surface area contributed by atoms with Crippen molar-refractivity contribution in [3.63, 3.8) is 0 Å². The van der Waals surface area contributed by atoms with E-state index in [0.29, 0.717) is 11.3 Å². The molecule has 2 amide bonds. The molecule has 2 aromatic rings. The topological polar surface area (TPSA) is 58.4 Å². The molecule has 0 unspecified atom stereocenters. The average Bonchev–Trinajstić information content (AvgIpc) is 3.16. The number of hydrogen-bond acceptors (Lipinski definition) is 3. The van der Waals surface area contributed by atoms with Gasteiger partial charge in [0.25, 0.3) is 0 Å². The van der Waals surface area contributed by atoms with Crippen LogP contribution in [0.25, 0.3) is 11.5 Å². The van der Waals surface area contributed by atoms with Crippen molar-refractivity contribution in [3.05, 3.63) is 35.7 Å². The number of amides is 2. The van der Waals surface area contributed by atoms with Gasteiger partial charge >= 0.3 is 6.03 Å². The summed E-state index contributed by atoms with van der Waals surface area (Å²) in [5, 5.41) is 3.04. The lowest BCUT2D eigenvalue weighted by molar-refractivity contribution is 0.170. The maximum absolute atomic E-state index is 12.6. The minimum atomic E-state index is -0.000590. The maximum atomic E-state index is 12.6. The van der Waals surface area contributed by atoms with Crippen molar-refractivity contribution in [2.75, 3.05) is 18.4 Å². The number of aryl methyl sites for hydroxylation is 2. The SMILES string of the molecule is Cc1coc(-c2cc(NC(=O)N3CCCC4(CC4)C3)ccc2C)n1. The lowest BCUT2D eigenvalue weighted by Gasteiger charge is -2.33. The smallest absolute Gasteiger partial charge is 0.321 e. The van der Waals surface area contributed by atoms with Gasteiger partial charge < -0.3 is 14.6 Å². The van der Waals surface area contributed by atoms with Crippen LogP contribution in [0.15, 0.2) is 28.9 Å². The van der Waals surface area contributed by atoms with Gasteiger partial charge in [-0.15, -0.1) is 0 Å². The van der Waals surface area contributed by atoms with Crippen LogP contribution in [0, 0.1) is 19.3 Å². The van der Waals surface area contributed by atoms with Crippen LogP contribution in [0.2, 0.25) is 0 Å². The quantitative estimate of drug-likeness (QED) is 0.892. The number of benzene rings is 1. The molecule has 2 aliphatic rings. The van der Waals surface area contributed by atoms with Gasteiger partial charge in [-0.05, 0) is 62.6 Å². The molecule has 5 nitrogen and oxygen atoms in total. The van der Waals surface area contributed by atoms with Crippen molar-refractivity contribution >= 4 is 11.7 Å². The van der Waals surface area contributed by atoms with Crippen LogP contribution in [0.3, 0.4) is 0 Å². The molecule has 1 saturated carbocycles. The predicted octanol–water partition coefficient (Wildman–Crippen LogP) is 4.37. The molecule has 24 heavy (non-hydrogen) atoms. The third-order valence-corrected chi connectivity index (χ3v) is 5.24. The number of likely N-dealkylation sites (tertiary alicyclic amines) is 1. The van der Waals surface area contributed by atoms with Gasteiger partial charge in [-0.2, -0.15) is 0 Å². The molecule has 0 radical (unpaired) electrons. The summed E-state index contributed by atoms with van der Waals surface area (Å²) in [6.45, 7) is 5.67. The number of carbonyl (C=O) groups excluding carboxylic acids is 1. The Morgan fingerprint density at radius 1 is 1.29 bits per heavy atom. The van der Waals surface area contributed by atoms with Crippen LogP contribution in [0.1, 0.15) is 36.9 Å². The van der Waals surface area contributed by atoms with E-state index in [-0.39, 0.29) is 6.03 Å². The van der Waals surface area contributed by atoms with Crippen LogP contribution >= 0.6 is 0 Å². The van der Waals surface area contributed by atoms with E-state index in [0.717, 1.165) is 42.0 Å². The molecule has 1 aromatic carbocycles. The van der Waals surface area contributed by atoms with Crippen molar-refractivity contribution in [2.45, 2.75) is 39.5 Å². The van der Waals surface area contributed by atoms with Gasteiger partial charge in [0.15, 0.2) is 0 Å². The standard InChI is InChI=1S/C19H23N3O2/c1-13-4-5-15(10-16(13)17-20-14(2)11-24-17)21-18(23)22-9-3-6-19(12-22)7-8-19/h4-5,10-11H,3,6-9,12H2,1-2H3,(H,21,23). The number of hydrogen-bond donors (Lipinski definition) is 1. The zero-order valence-corrected chi connectivity index (χ0v) is 14.3. The molecule has 2 fully saturated rings. The Bertz CT molecular complexity index is 777. The number of piperidine rings is 1. The summed E-state index contributed by atoms with van der Waals surface area (Å²) in [5.74, 6) is 0.594. The van der Waals surface area contributed by atoms with Crippen LogP contribution in [0.5, 0.6) is 0 Å². The summed E-state index contributed by atoms with van der Waals surface area (Å²) in [6, 6.07) is 5.86. The molecule has 4 rings (SSSR count). The fourth-order valence-corrected chi connectivity index (χ4v) is 3.58. The van der Waals surface area contributed by atoms with Crippen LogP contribution in [-0.4, -0.2) is 29.0 Å². The molecule has 5 heteroatoms. The largest absolute Gasteiger partial charge is 0.444 e. The van der Waals surface area contributed by atoms with Crippen molar-refractivity contribution in [1.29, 1.82) is 0 Å². The Hall–Kier alpha value is -2.30. The number of anilines is 1. The number of aromatic nitrogens is 1.